The molecular formula is C3H3Cl4O2. The van der Waals surface area contributed by atoms with Gasteiger partial charge >= 0.3 is 0 Å². The van der Waals surface area contributed by atoms with Crippen molar-refractivity contribution in [2.24, 2.45) is 0 Å². The first-order chi connectivity index (χ1) is 3.89. The Bertz CT molecular complexity index is 81.8. The van der Waals surface area contributed by atoms with Crippen LogP contribution in [-0.4, -0.2) is 20.6 Å². The predicted octanol–water partition coefficient (Wildman–Crippen LogP) is 1.71. The fourth-order valence-electron chi connectivity index (χ4n) is 0.0952. The monoisotopic (exact) mass is 211 g/mol. The van der Waals surface area contributed by atoms with Crippen LogP contribution < -0.4 is 0 Å². The lowest BCUT2D eigenvalue weighted by molar-refractivity contribution is -0.183. The van der Waals surface area contributed by atoms with Gasteiger partial charge in [-0.15, -0.1) is 0 Å². The Labute approximate surface area is 72.3 Å². The highest BCUT2D eigenvalue weighted by atomic mass is 35.5. The van der Waals surface area contributed by atoms with Gasteiger partial charge in [-0.25, -0.2) is 0 Å². The molecule has 0 unspecified atom stereocenters. The van der Waals surface area contributed by atoms with Crippen molar-refractivity contribution in [1.29, 1.82) is 0 Å². The Morgan fingerprint density at radius 2 is 1.33 bits per heavy atom. The summed E-state index contributed by atoms with van der Waals surface area (Å²) < 4.78 is 0. The van der Waals surface area contributed by atoms with Gasteiger partial charge in [0, 0.05) is 0 Å². The number of hydrogen-bond acceptors (Lipinski definition) is 1. The first kappa shape index (κ1) is 10.1. The van der Waals surface area contributed by atoms with E-state index in [1.165, 1.54) is 0 Å². The molecule has 55 valence electrons. The van der Waals surface area contributed by atoms with E-state index in [0.29, 0.717) is 0 Å². The third-order valence-corrected chi connectivity index (χ3v) is 1.88. The quantitative estimate of drug-likeness (QED) is 0.550. The minimum Gasteiger partial charge on any atom is -0.359 e. The summed E-state index contributed by atoms with van der Waals surface area (Å²) in [5.74, 6) is -2.69. The van der Waals surface area contributed by atoms with Crippen molar-refractivity contribution in [3.8, 4) is 0 Å². The maximum absolute atomic E-state index is 10.5. The molecule has 0 amide bonds. The van der Waals surface area contributed by atoms with Crippen molar-refractivity contribution < 1.29 is 10.2 Å². The second-order valence-electron chi connectivity index (χ2n) is 1.35. The third-order valence-electron chi connectivity index (χ3n) is 0.625. The largest absolute Gasteiger partial charge is 0.359 e. The van der Waals surface area contributed by atoms with E-state index in [1.807, 2.05) is 0 Å². The highest BCUT2D eigenvalue weighted by Crippen LogP contribution is 2.27. The minimum absolute atomic E-state index is 1.53. The first-order valence-electron chi connectivity index (χ1n) is 1.88. The molecule has 0 aromatic rings. The lowest BCUT2D eigenvalue weighted by Gasteiger charge is -2.20. The van der Waals surface area contributed by atoms with Crippen LogP contribution in [0.1, 0.15) is 0 Å². The molecule has 0 aliphatic rings. The molecule has 0 aromatic heterocycles. The SMILES string of the molecule is [O]C(O)(C(Cl)Cl)C(Cl)Cl. The Morgan fingerprint density at radius 1 is 1.11 bits per heavy atom. The molecule has 0 aliphatic heterocycles. The highest BCUT2D eigenvalue weighted by molar-refractivity contribution is 6.49. The minimum atomic E-state index is -2.69. The van der Waals surface area contributed by atoms with E-state index in [1.54, 1.807) is 0 Å². The van der Waals surface area contributed by atoms with E-state index in [0.717, 1.165) is 0 Å². The van der Waals surface area contributed by atoms with E-state index >= 15 is 0 Å². The normalized spacial score (nSPS) is 13.3. The van der Waals surface area contributed by atoms with Crippen LogP contribution in [0.5, 0.6) is 0 Å². The van der Waals surface area contributed by atoms with Crippen LogP contribution in [0.25, 0.3) is 0 Å². The maximum atomic E-state index is 10.5. The van der Waals surface area contributed by atoms with E-state index in [2.05, 4.69) is 0 Å². The summed E-state index contributed by atoms with van der Waals surface area (Å²) in [4.78, 5) is -3.06. The van der Waals surface area contributed by atoms with Gasteiger partial charge in [0.2, 0.25) is 0 Å². The number of halogens is 4. The summed E-state index contributed by atoms with van der Waals surface area (Å²) in [7, 11) is 0. The fourth-order valence-corrected chi connectivity index (χ4v) is 0.857. The molecule has 1 radical (unpaired) electrons. The zero-order valence-corrected chi connectivity index (χ0v) is 7.05. The van der Waals surface area contributed by atoms with E-state index in [4.69, 9.17) is 51.5 Å². The van der Waals surface area contributed by atoms with E-state index < -0.39 is 15.5 Å². The molecule has 0 rings (SSSR count). The fraction of sp³-hybridized carbons (Fsp3) is 1.00. The summed E-state index contributed by atoms with van der Waals surface area (Å²) in [5.41, 5.74) is 0. The van der Waals surface area contributed by atoms with Crippen molar-refractivity contribution >= 4 is 46.4 Å². The second kappa shape index (κ2) is 3.46. The van der Waals surface area contributed by atoms with Gasteiger partial charge in [0.1, 0.15) is 0 Å². The molecular weight excluding hydrogens is 210 g/mol. The van der Waals surface area contributed by atoms with Crippen LogP contribution in [0.2, 0.25) is 0 Å². The Kier molecular flexibility index (Phi) is 3.88. The van der Waals surface area contributed by atoms with Gasteiger partial charge in [0.25, 0.3) is 5.79 Å². The molecule has 9 heavy (non-hydrogen) atoms. The van der Waals surface area contributed by atoms with Crippen LogP contribution in [-0.2, 0) is 5.11 Å². The van der Waals surface area contributed by atoms with Crippen LogP contribution in [0.3, 0.4) is 0 Å². The smallest absolute Gasteiger partial charge is 0.260 e. The lowest BCUT2D eigenvalue weighted by atomic mass is 10.4. The molecule has 6 heteroatoms. The molecule has 0 spiro atoms. The standard InChI is InChI=1S/C3H3Cl4O2/c4-1(5)3(8,9)2(6)7/h1-2,8H. The molecule has 2 nitrogen and oxygen atoms in total. The van der Waals surface area contributed by atoms with Crippen LogP contribution >= 0.6 is 46.4 Å². The van der Waals surface area contributed by atoms with Gasteiger partial charge in [0.05, 0.1) is 0 Å². The van der Waals surface area contributed by atoms with E-state index in [9.17, 15) is 5.11 Å². The predicted molar refractivity (Wildman–Crippen MR) is 36.6 cm³/mol. The van der Waals surface area contributed by atoms with Gasteiger partial charge in [0.15, 0.2) is 9.67 Å². The van der Waals surface area contributed by atoms with Crippen LogP contribution in [0.4, 0.5) is 0 Å². The first-order valence-corrected chi connectivity index (χ1v) is 3.62. The van der Waals surface area contributed by atoms with Crippen LogP contribution in [0.15, 0.2) is 0 Å². The molecule has 0 heterocycles. The third kappa shape index (κ3) is 2.66. The van der Waals surface area contributed by atoms with Crippen molar-refractivity contribution in [3.05, 3.63) is 0 Å². The summed E-state index contributed by atoms with van der Waals surface area (Å²) in [6, 6.07) is 0. The van der Waals surface area contributed by atoms with Gasteiger partial charge < -0.3 is 5.11 Å². The zero-order chi connectivity index (χ0) is 7.65. The average Bonchev–Trinajstić information content (AvgIpc) is 1.65. The summed E-state index contributed by atoms with van der Waals surface area (Å²) >= 11 is 20.0. The van der Waals surface area contributed by atoms with Crippen LogP contribution in [0, 0.1) is 0 Å². The molecule has 0 bridgehead atoms. The molecule has 0 fully saturated rings. The molecule has 1 N–H and O–H groups in total. The Balaban J connectivity index is 4.01. The molecule has 0 atom stereocenters. The van der Waals surface area contributed by atoms with E-state index in [-0.39, 0.29) is 0 Å². The number of rotatable bonds is 2. The van der Waals surface area contributed by atoms with Crippen molar-refractivity contribution in [2.75, 3.05) is 0 Å². The molecule has 0 aromatic carbocycles. The topological polar surface area (TPSA) is 40.1 Å². The zero-order valence-electron chi connectivity index (χ0n) is 4.02. The van der Waals surface area contributed by atoms with Gasteiger partial charge in [-0.2, -0.15) is 5.11 Å². The molecule has 0 saturated heterocycles. The number of hydrogen-bond donors (Lipinski definition) is 1. The highest BCUT2D eigenvalue weighted by Gasteiger charge is 2.41. The average molecular weight is 213 g/mol. The van der Waals surface area contributed by atoms with Crippen molar-refractivity contribution in [3.63, 3.8) is 0 Å². The molecule has 0 saturated carbocycles. The second-order valence-corrected chi connectivity index (χ2v) is 3.55. The van der Waals surface area contributed by atoms with Gasteiger partial charge in [-0.05, 0) is 0 Å². The Hall–Kier alpha value is 1.08. The van der Waals surface area contributed by atoms with Crippen molar-refractivity contribution in [1.82, 2.24) is 0 Å². The molecule has 0 aliphatic carbocycles. The lowest BCUT2D eigenvalue weighted by Crippen LogP contribution is -2.40. The summed E-state index contributed by atoms with van der Waals surface area (Å²) in [6.07, 6.45) is 0. The number of aliphatic hydroxyl groups is 1. The Morgan fingerprint density at radius 3 is 1.33 bits per heavy atom. The summed E-state index contributed by atoms with van der Waals surface area (Å²) in [6.45, 7) is 0. The van der Waals surface area contributed by atoms with Crippen molar-refractivity contribution in [2.45, 2.75) is 15.5 Å². The number of alkyl halides is 4. The van der Waals surface area contributed by atoms with Gasteiger partial charge in [-0.1, -0.05) is 46.4 Å². The maximum Gasteiger partial charge on any atom is 0.260 e. The van der Waals surface area contributed by atoms with Gasteiger partial charge in [-0.3, -0.25) is 0 Å². The summed E-state index contributed by atoms with van der Waals surface area (Å²) in [5, 5.41) is 19.1.